The van der Waals surface area contributed by atoms with Crippen molar-refractivity contribution in [3.05, 3.63) is 71.6 Å². The first kappa shape index (κ1) is 26.1. The fourth-order valence-electron chi connectivity index (χ4n) is 3.47. The molecule has 0 radical (unpaired) electrons. The molecule has 0 atom stereocenters. The molecule has 0 bridgehead atoms. The Bertz CT molecular complexity index is 1010. The standard InChI is InChI=1S/C25H30N4O3.ClH/c1-25(2,3)19-7-11-22(12-8-19)28-15-17-29(18-16-28)24(31)14-10-21-6-4-5-20(26-21)9-13-23(30)27-32;/h4-14,32H,15-18H2,1-3H3,(H,27,30);1H/b13-9+,14-10+;. The number of aromatic nitrogens is 1. The molecular formula is C25H31ClN4O3. The molecular weight excluding hydrogens is 440 g/mol. The van der Waals surface area contributed by atoms with Crippen molar-refractivity contribution in [1.82, 2.24) is 15.4 Å². The molecule has 1 aliphatic heterocycles. The predicted octanol–water partition coefficient (Wildman–Crippen LogP) is 3.68. The third kappa shape index (κ3) is 7.44. The van der Waals surface area contributed by atoms with Gasteiger partial charge in [-0.3, -0.25) is 14.8 Å². The Morgan fingerprint density at radius 3 is 2.06 bits per heavy atom. The van der Waals surface area contributed by atoms with Gasteiger partial charge in [0, 0.05) is 44.0 Å². The molecule has 7 nitrogen and oxygen atoms in total. The number of piperazine rings is 1. The van der Waals surface area contributed by atoms with Crippen LogP contribution in [0.3, 0.4) is 0 Å². The Morgan fingerprint density at radius 2 is 1.52 bits per heavy atom. The molecule has 176 valence electrons. The summed E-state index contributed by atoms with van der Waals surface area (Å²) in [4.78, 5) is 32.2. The molecule has 8 heteroatoms. The lowest BCUT2D eigenvalue weighted by Gasteiger charge is -2.36. The molecule has 0 aliphatic carbocycles. The normalized spacial score (nSPS) is 14.4. The molecule has 1 aromatic carbocycles. The van der Waals surface area contributed by atoms with Crippen LogP contribution >= 0.6 is 12.4 Å². The molecule has 1 aliphatic rings. The lowest BCUT2D eigenvalue weighted by molar-refractivity contribution is -0.126. The van der Waals surface area contributed by atoms with Crippen molar-refractivity contribution in [3.63, 3.8) is 0 Å². The van der Waals surface area contributed by atoms with Gasteiger partial charge >= 0.3 is 0 Å². The van der Waals surface area contributed by atoms with Crippen molar-refractivity contribution in [1.29, 1.82) is 0 Å². The summed E-state index contributed by atoms with van der Waals surface area (Å²) in [5.74, 6) is -0.678. The lowest BCUT2D eigenvalue weighted by Crippen LogP contribution is -2.48. The van der Waals surface area contributed by atoms with E-state index >= 15 is 0 Å². The summed E-state index contributed by atoms with van der Waals surface area (Å²) in [7, 11) is 0. The van der Waals surface area contributed by atoms with Crippen LogP contribution < -0.4 is 10.4 Å². The summed E-state index contributed by atoms with van der Waals surface area (Å²) in [5, 5.41) is 8.53. The molecule has 1 aromatic heterocycles. The molecule has 2 heterocycles. The van der Waals surface area contributed by atoms with E-state index in [9.17, 15) is 9.59 Å². The second-order valence-electron chi connectivity index (χ2n) is 8.74. The van der Waals surface area contributed by atoms with Crippen molar-refractivity contribution in [2.45, 2.75) is 26.2 Å². The number of nitrogens with one attached hydrogen (secondary N) is 1. The van der Waals surface area contributed by atoms with E-state index in [1.54, 1.807) is 24.3 Å². The topological polar surface area (TPSA) is 85.8 Å². The minimum absolute atomic E-state index is 0. The van der Waals surface area contributed by atoms with E-state index < -0.39 is 5.91 Å². The predicted molar refractivity (Wildman–Crippen MR) is 133 cm³/mol. The number of benzene rings is 1. The van der Waals surface area contributed by atoms with Gasteiger partial charge < -0.3 is 9.80 Å². The summed E-state index contributed by atoms with van der Waals surface area (Å²) in [6.07, 6.45) is 5.86. The molecule has 0 spiro atoms. The highest BCUT2D eigenvalue weighted by atomic mass is 35.5. The van der Waals surface area contributed by atoms with Crippen LogP contribution in [0, 0.1) is 0 Å². The smallest absolute Gasteiger partial charge is 0.267 e. The molecule has 2 aromatic rings. The third-order valence-electron chi connectivity index (χ3n) is 5.39. The van der Waals surface area contributed by atoms with Gasteiger partial charge in [0.1, 0.15) is 0 Å². The number of hydroxylamine groups is 1. The highest BCUT2D eigenvalue weighted by Crippen LogP contribution is 2.25. The molecule has 1 saturated heterocycles. The van der Waals surface area contributed by atoms with Crippen LogP contribution in [0.5, 0.6) is 0 Å². The maximum absolute atomic E-state index is 12.6. The Morgan fingerprint density at radius 1 is 0.939 bits per heavy atom. The largest absolute Gasteiger partial charge is 0.368 e. The number of pyridine rings is 1. The molecule has 0 unspecified atom stereocenters. The first-order valence-electron chi connectivity index (χ1n) is 10.7. The summed E-state index contributed by atoms with van der Waals surface area (Å²) >= 11 is 0. The van der Waals surface area contributed by atoms with E-state index in [0.717, 1.165) is 13.1 Å². The average Bonchev–Trinajstić information content (AvgIpc) is 2.81. The zero-order valence-electron chi connectivity index (χ0n) is 19.2. The second-order valence-corrected chi connectivity index (χ2v) is 8.74. The van der Waals surface area contributed by atoms with Gasteiger partial charge in [0.15, 0.2) is 0 Å². The summed E-state index contributed by atoms with van der Waals surface area (Å²) in [6, 6.07) is 14.0. The van der Waals surface area contributed by atoms with Crippen LogP contribution in [-0.4, -0.2) is 53.1 Å². The number of nitrogens with zero attached hydrogens (tertiary/aromatic N) is 3. The van der Waals surface area contributed by atoms with Crippen LogP contribution in [-0.2, 0) is 15.0 Å². The molecule has 3 rings (SSSR count). The monoisotopic (exact) mass is 470 g/mol. The number of anilines is 1. The zero-order chi connectivity index (χ0) is 23.1. The Balaban J connectivity index is 0.00000385. The van der Waals surface area contributed by atoms with E-state index in [0.29, 0.717) is 24.5 Å². The first-order valence-corrected chi connectivity index (χ1v) is 10.7. The number of rotatable bonds is 5. The summed E-state index contributed by atoms with van der Waals surface area (Å²) in [6.45, 7) is 9.53. The van der Waals surface area contributed by atoms with Crippen molar-refractivity contribution < 1.29 is 14.8 Å². The van der Waals surface area contributed by atoms with Gasteiger partial charge in [-0.25, -0.2) is 10.5 Å². The number of halogens is 1. The number of amides is 2. The van der Waals surface area contributed by atoms with Crippen molar-refractivity contribution in [3.8, 4) is 0 Å². The van der Waals surface area contributed by atoms with E-state index in [1.165, 1.54) is 35.0 Å². The summed E-state index contributed by atoms with van der Waals surface area (Å²) < 4.78 is 0. The van der Waals surface area contributed by atoms with Crippen molar-refractivity contribution in [2.24, 2.45) is 0 Å². The number of carbonyl (C=O) groups excluding carboxylic acids is 2. The molecule has 1 fully saturated rings. The highest BCUT2D eigenvalue weighted by Gasteiger charge is 2.20. The molecule has 2 amide bonds. The van der Waals surface area contributed by atoms with Crippen molar-refractivity contribution in [2.75, 3.05) is 31.1 Å². The summed E-state index contributed by atoms with van der Waals surface area (Å²) in [5.41, 5.74) is 5.32. The van der Waals surface area contributed by atoms with Gasteiger partial charge in [0.2, 0.25) is 5.91 Å². The van der Waals surface area contributed by atoms with Crippen LogP contribution in [0.25, 0.3) is 12.2 Å². The lowest BCUT2D eigenvalue weighted by atomic mass is 9.87. The average molecular weight is 471 g/mol. The molecule has 0 saturated carbocycles. The fourth-order valence-corrected chi connectivity index (χ4v) is 3.47. The van der Waals surface area contributed by atoms with E-state index in [4.69, 9.17) is 5.21 Å². The van der Waals surface area contributed by atoms with Gasteiger partial charge in [-0.2, -0.15) is 0 Å². The van der Waals surface area contributed by atoms with Gasteiger partial charge in [0.05, 0.1) is 11.4 Å². The maximum atomic E-state index is 12.6. The maximum Gasteiger partial charge on any atom is 0.267 e. The quantitative estimate of drug-likeness (QED) is 0.395. The Labute approximate surface area is 201 Å². The zero-order valence-corrected chi connectivity index (χ0v) is 20.0. The minimum atomic E-state index is -0.632. The van der Waals surface area contributed by atoms with Crippen LogP contribution in [0.2, 0.25) is 0 Å². The fraction of sp³-hybridized carbons (Fsp3) is 0.320. The van der Waals surface area contributed by atoms with Gasteiger partial charge in [-0.05, 0) is 47.4 Å². The molecule has 33 heavy (non-hydrogen) atoms. The van der Waals surface area contributed by atoms with Crippen LogP contribution in [0.15, 0.2) is 54.6 Å². The van der Waals surface area contributed by atoms with Gasteiger partial charge in [-0.1, -0.05) is 39.0 Å². The van der Waals surface area contributed by atoms with Gasteiger partial charge in [0.25, 0.3) is 5.91 Å². The number of hydrogen-bond acceptors (Lipinski definition) is 5. The molecule has 2 N–H and O–H groups in total. The Kier molecular flexibility index (Phi) is 9.20. The number of carbonyl (C=O) groups is 2. The number of hydrogen-bond donors (Lipinski definition) is 2. The minimum Gasteiger partial charge on any atom is -0.368 e. The second kappa shape index (κ2) is 11.6. The SMILES string of the molecule is CC(C)(C)c1ccc(N2CCN(C(=O)/C=C/c3cccc(/C=C/C(=O)NO)n3)CC2)cc1.Cl. The van der Waals surface area contributed by atoms with Gasteiger partial charge in [-0.15, -0.1) is 12.4 Å². The third-order valence-corrected chi connectivity index (χ3v) is 5.39. The van der Waals surface area contributed by atoms with Crippen LogP contribution in [0.1, 0.15) is 37.7 Å². The first-order chi connectivity index (χ1) is 15.3. The van der Waals surface area contributed by atoms with E-state index in [2.05, 4.69) is 54.9 Å². The van der Waals surface area contributed by atoms with E-state index in [-0.39, 0.29) is 23.7 Å². The Hall–Kier alpha value is -3.16. The highest BCUT2D eigenvalue weighted by molar-refractivity contribution is 5.92. The van der Waals surface area contributed by atoms with E-state index in [1.807, 2.05) is 4.90 Å². The van der Waals surface area contributed by atoms with Crippen molar-refractivity contribution >= 4 is 42.1 Å². The van der Waals surface area contributed by atoms with Crippen LogP contribution in [0.4, 0.5) is 5.69 Å².